The van der Waals surface area contributed by atoms with Crippen LogP contribution in [0.1, 0.15) is 78.1 Å². The van der Waals surface area contributed by atoms with Crippen LogP contribution in [0.25, 0.3) is 0 Å². The lowest BCUT2D eigenvalue weighted by atomic mass is 10.2. The van der Waals surface area contributed by atoms with Crippen LogP contribution < -0.4 is 4.89 Å². The minimum atomic E-state index is -4.05. The summed E-state index contributed by atoms with van der Waals surface area (Å²) in [5.74, 6) is 0. The topological polar surface area (TPSA) is 58.6 Å². The zero-order valence-electron chi connectivity index (χ0n) is 12.6. The van der Waals surface area contributed by atoms with Gasteiger partial charge in [0, 0.05) is 0 Å². The van der Waals surface area contributed by atoms with Crippen LogP contribution in [-0.2, 0) is 13.6 Å². The molecule has 0 heterocycles. The molecule has 0 rings (SSSR count). The summed E-state index contributed by atoms with van der Waals surface area (Å²) in [6, 6.07) is 0. The van der Waals surface area contributed by atoms with Crippen molar-refractivity contribution < 1.29 is 18.5 Å². The molecule has 116 valence electrons. The first-order valence-electron chi connectivity index (χ1n) is 7.72. The van der Waals surface area contributed by atoms with Crippen LogP contribution >= 0.6 is 7.82 Å². The molecule has 0 N–H and O–H groups in total. The summed E-state index contributed by atoms with van der Waals surface area (Å²) in [4.78, 5) is 11.4. The van der Waals surface area contributed by atoms with E-state index in [0.29, 0.717) is 0 Å². The molecule has 0 aliphatic carbocycles. The molecule has 4 nitrogen and oxygen atoms in total. The summed E-state index contributed by atoms with van der Waals surface area (Å²) in [5, 5.41) is 0. The summed E-state index contributed by atoms with van der Waals surface area (Å²) < 4.78 is 21.0. The third kappa shape index (κ3) is 14.3. The highest BCUT2D eigenvalue weighted by Gasteiger charge is 2.08. The van der Waals surface area contributed by atoms with Gasteiger partial charge in [-0.2, -0.15) is 0 Å². The van der Waals surface area contributed by atoms with Gasteiger partial charge in [0.25, 0.3) is 7.82 Å². The Hall–Kier alpha value is 0.110. The summed E-state index contributed by atoms with van der Waals surface area (Å²) in [7, 11) is -4.05. The highest BCUT2D eigenvalue weighted by Crippen LogP contribution is 2.38. The number of hydrogen-bond donors (Lipinski definition) is 0. The first-order chi connectivity index (χ1) is 9.12. The van der Waals surface area contributed by atoms with E-state index in [4.69, 9.17) is 9.05 Å². The van der Waals surface area contributed by atoms with E-state index < -0.39 is 7.82 Å². The van der Waals surface area contributed by atoms with Gasteiger partial charge in [0.05, 0.1) is 13.2 Å². The fourth-order valence-corrected chi connectivity index (χ4v) is 2.58. The minimum absolute atomic E-state index is 0.250. The molecule has 0 unspecified atom stereocenters. The normalized spacial score (nSPS) is 11.9. The lowest BCUT2D eigenvalue weighted by Gasteiger charge is -2.22. The Bertz CT molecular complexity index is 213. The number of hydrogen-bond acceptors (Lipinski definition) is 4. The average molecular weight is 293 g/mol. The fourth-order valence-electron chi connectivity index (χ4n) is 1.80. The van der Waals surface area contributed by atoms with Gasteiger partial charge in [-0.3, -0.25) is 4.57 Å². The van der Waals surface area contributed by atoms with Crippen molar-refractivity contribution in [2.45, 2.75) is 78.1 Å². The average Bonchev–Trinajstić information content (AvgIpc) is 2.38. The predicted octanol–water partition coefficient (Wildman–Crippen LogP) is 4.43. The van der Waals surface area contributed by atoms with Gasteiger partial charge in [0.15, 0.2) is 0 Å². The van der Waals surface area contributed by atoms with Gasteiger partial charge in [-0.1, -0.05) is 65.2 Å². The maximum Gasteiger partial charge on any atom is 0.267 e. The van der Waals surface area contributed by atoms with Crippen molar-refractivity contribution >= 4 is 7.82 Å². The Morgan fingerprint density at radius 1 is 0.737 bits per heavy atom. The van der Waals surface area contributed by atoms with Crippen LogP contribution in [0.2, 0.25) is 0 Å². The lowest BCUT2D eigenvalue weighted by Crippen LogP contribution is -2.10. The Labute approximate surface area is 118 Å². The first kappa shape index (κ1) is 19.1. The molecular weight excluding hydrogens is 263 g/mol. The van der Waals surface area contributed by atoms with E-state index in [0.717, 1.165) is 38.5 Å². The molecule has 0 fully saturated rings. The molecule has 0 saturated heterocycles. The molecule has 0 aromatic carbocycles. The summed E-state index contributed by atoms with van der Waals surface area (Å²) in [5.41, 5.74) is 0. The number of rotatable bonds is 14. The number of phosphoric ester groups is 1. The standard InChI is InChI=1S/C14H31O4P/c1-3-5-7-9-11-13-17-19(15,16)18-14-12-10-8-6-4-2/h3-14H2,1-2H3,(H,15,16)/p-1. The second-order valence-corrected chi connectivity index (χ2v) is 6.35. The van der Waals surface area contributed by atoms with E-state index in [2.05, 4.69) is 13.8 Å². The third-order valence-corrected chi connectivity index (χ3v) is 3.99. The molecule has 0 atom stereocenters. The zero-order chi connectivity index (χ0) is 14.4. The Balaban J connectivity index is 3.39. The van der Waals surface area contributed by atoms with Gasteiger partial charge >= 0.3 is 0 Å². The molecule has 0 spiro atoms. The SMILES string of the molecule is CCCCCCCOP(=O)([O-])OCCCCCCC. The van der Waals surface area contributed by atoms with E-state index in [1.165, 1.54) is 25.7 Å². The molecule has 0 aliphatic heterocycles. The molecule has 0 saturated carbocycles. The van der Waals surface area contributed by atoms with Crippen molar-refractivity contribution in [2.24, 2.45) is 0 Å². The number of phosphoric acid groups is 1. The van der Waals surface area contributed by atoms with Crippen LogP contribution in [0.3, 0.4) is 0 Å². The lowest BCUT2D eigenvalue weighted by molar-refractivity contribution is -0.225. The second kappa shape index (κ2) is 13.1. The first-order valence-corrected chi connectivity index (χ1v) is 9.18. The van der Waals surface area contributed by atoms with Crippen molar-refractivity contribution in [1.29, 1.82) is 0 Å². The molecule has 0 aromatic rings. The summed E-state index contributed by atoms with van der Waals surface area (Å²) in [6.07, 6.45) is 10.6. The minimum Gasteiger partial charge on any atom is -0.756 e. The van der Waals surface area contributed by atoms with E-state index >= 15 is 0 Å². The van der Waals surface area contributed by atoms with Crippen molar-refractivity contribution in [2.75, 3.05) is 13.2 Å². The molecule has 0 amide bonds. The molecule has 19 heavy (non-hydrogen) atoms. The maximum absolute atomic E-state index is 11.4. The van der Waals surface area contributed by atoms with Gasteiger partial charge in [-0.25, -0.2) is 0 Å². The Kier molecular flexibility index (Phi) is 13.2. The van der Waals surface area contributed by atoms with Crippen LogP contribution in [-0.4, -0.2) is 13.2 Å². The monoisotopic (exact) mass is 293 g/mol. The van der Waals surface area contributed by atoms with Crippen LogP contribution in [0.4, 0.5) is 0 Å². The van der Waals surface area contributed by atoms with Gasteiger partial charge in [-0.15, -0.1) is 0 Å². The predicted molar refractivity (Wildman–Crippen MR) is 77.0 cm³/mol. The zero-order valence-corrected chi connectivity index (χ0v) is 13.5. The van der Waals surface area contributed by atoms with Crippen LogP contribution in [0.15, 0.2) is 0 Å². The molecule has 0 aliphatic rings. The summed E-state index contributed by atoms with van der Waals surface area (Å²) in [6.45, 7) is 4.80. The van der Waals surface area contributed by atoms with E-state index in [-0.39, 0.29) is 13.2 Å². The van der Waals surface area contributed by atoms with Crippen molar-refractivity contribution in [3.8, 4) is 0 Å². The van der Waals surface area contributed by atoms with E-state index in [1.807, 2.05) is 0 Å². The molecular formula is C14H30O4P-. The fraction of sp³-hybridized carbons (Fsp3) is 1.00. The van der Waals surface area contributed by atoms with E-state index in [9.17, 15) is 9.46 Å². The van der Waals surface area contributed by atoms with Crippen molar-refractivity contribution in [1.82, 2.24) is 0 Å². The number of unbranched alkanes of at least 4 members (excludes halogenated alkanes) is 8. The Morgan fingerprint density at radius 2 is 1.11 bits per heavy atom. The van der Waals surface area contributed by atoms with Gasteiger partial charge in [-0.05, 0) is 12.8 Å². The third-order valence-electron chi connectivity index (χ3n) is 2.99. The molecule has 0 bridgehead atoms. The molecule has 5 heteroatoms. The van der Waals surface area contributed by atoms with Gasteiger partial charge in [0.1, 0.15) is 0 Å². The van der Waals surface area contributed by atoms with Crippen LogP contribution in [0.5, 0.6) is 0 Å². The molecule has 0 radical (unpaired) electrons. The second-order valence-electron chi connectivity index (χ2n) is 4.94. The highest BCUT2D eigenvalue weighted by molar-refractivity contribution is 7.45. The smallest absolute Gasteiger partial charge is 0.267 e. The van der Waals surface area contributed by atoms with Gasteiger partial charge in [0.2, 0.25) is 0 Å². The quantitative estimate of drug-likeness (QED) is 0.351. The van der Waals surface area contributed by atoms with E-state index in [1.54, 1.807) is 0 Å². The molecule has 0 aromatic heterocycles. The van der Waals surface area contributed by atoms with Crippen molar-refractivity contribution in [3.63, 3.8) is 0 Å². The summed E-state index contributed by atoms with van der Waals surface area (Å²) >= 11 is 0. The Morgan fingerprint density at radius 3 is 1.47 bits per heavy atom. The highest BCUT2D eigenvalue weighted by atomic mass is 31.2. The van der Waals surface area contributed by atoms with Gasteiger partial charge < -0.3 is 13.9 Å². The van der Waals surface area contributed by atoms with Crippen LogP contribution in [0, 0.1) is 0 Å². The largest absolute Gasteiger partial charge is 0.756 e. The van der Waals surface area contributed by atoms with Crippen molar-refractivity contribution in [3.05, 3.63) is 0 Å². The maximum atomic E-state index is 11.4.